The third-order valence-corrected chi connectivity index (χ3v) is 3.43. The number of hydrogen-bond donors (Lipinski definition) is 3. The molecule has 0 unspecified atom stereocenters. The van der Waals surface area contributed by atoms with Gasteiger partial charge in [0, 0.05) is 23.5 Å². The predicted molar refractivity (Wildman–Crippen MR) is 91.1 cm³/mol. The molecule has 132 valence electrons. The van der Waals surface area contributed by atoms with Gasteiger partial charge in [-0.05, 0) is 19.9 Å². The summed E-state index contributed by atoms with van der Waals surface area (Å²) in [5.74, 6) is -1.73. The van der Waals surface area contributed by atoms with Crippen molar-refractivity contribution in [2.24, 2.45) is 0 Å². The molecule has 2 aromatic rings. The Kier molecular flexibility index (Phi) is 5.89. The average Bonchev–Trinajstić information content (AvgIpc) is 2.59. The number of carbonyl (C=O) groups is 3. The number of amides is 2. The number of pyridine rings is 1. The van der Waals surface area contributed by atoms with Crippen LogP contribution in [-0.4, -0.2) is 42.0 Å². The highest BCUT2D eigenvalue weighted by Crippen LogP contribution is 2.15. The van der Waals surface area contributed by atoms with Crippen LogP contribution in [0.2, 0.25) is 0 Å². The second kappa shape index (κ2) is 8.09. The number of fused-ring (bicyclic) bond motifs is 1. The summed E-state index contributed by atoms with van der Waals surface area (Å²) in [5.41, 5.74) is 0.125. The van der Waals surface area contributed by atoms with Crippen molar-refractivity contribution in [3.05, 3.63) is 46.2 Å². The lowest BCUT2D eigenvalue weighted by molar-refractivity contribution is -0.130. The van der Waals surface area contributed by atoms with Crippen molar-refractivity contribution in [2.45, 2.75) is 19.9 Å². The van der Waals surface area contributed by atoms with Crippen molar-refractivity contribution < 1.29 is 19.1 Å². The number of ether oxygens (including phenoxy) is 1. The van der Waals surface area contributed by atoms with E-state index in [1.54, 1.807) is 31.2 Å². The first-order valence-corrected chi connectivity index (χ1v) is 7.78. The lowest BCUT2D eigenvalue weighted by Crippen LogP contribution is -2.46. The number of benzene rings is 1. The number of hydrogen-bond acceptors (Lipinski definition) is 5. The van der Waals surface area contributed by atoms with Crippen LogP contribution >= 0.6 is 0 Å². The summed E-state index contributed by atoms with van der Waals surface area (Å²) >= 11 is 0. The smallest absolute Gasteiger partial charge is 0.339 e. The van der Waals surface area contributed by atoms with E-state index in [0.717, 1.165) is 6.07 Å². The molecule has 0 saturated carbocycles. The molecule has 1 aromatic carbocycles. The summed E-state index contributed by atoms with van der Waals surface area (Å²) in [4.78, 5) is 49.8. The summed E-state index contributed by atoms with van der Waals surface area (Å²) in [5, 5.41) is 5.51. The highest BCUT2D eigenvalue weighted by atomic mass is 16.5. The SMILES string of the molecule is CCNC(=O)[C@@H](C)NC(=O)COC(=O)c1cc(=O)[nH]c2ccccc12. The van der Waals surface area contributed by atoms with Crippen molar-refractivity contribution in [2.75, 3.05) is 13.2 Å². The lowest BCUT2D eigenvalue weighted by Gasteiger charge is -2.13. The fraction of sp³-hybridized carbons (Fsp3) is 0.294. The highest BCUT2D eigenvalue weighted by Gasteiger charge is 2.18. The van der Waals surface area contributed by atoms with Gasteiger partial charge in [0.1, 0.15) is 6.04 Å². The third-order valence-electron chi connectivity index (χ3n) is 3.43. The van der Waals surface area contributed by atoms with Crippen molar-refractivity contribution >= 4 is 28.7 Å². The number of aromatic nitrogens is 1. The Labute approximate surface area is 143 Å². The molecule has 0 aliphatic rings. The Bertz CT molecular complexity index is 859. The van der Waals surface area contributed by atoms with Crippen LogP contribution in [0.3, 0.4) is 0 Å². The fourth-order valence-electron chi connectivity index (χ4n) is 2.26. The van der Waals surface area contributed by atoms with E-state index in [-0.39, 0.29) is 11.5 Å². The molecule has 0 spiro atoms. The van der Waals surface area contributed by atoms with Gasteiger partial charge in [-0.2, -0.15) is 0 Å². The van der Waals surface area contributed by atoms with Crippen molar-refractivity contribution in [3.8, 4) is 0 Å². The number of nitrogens with one attached hydrogen (secondary N) is 3. The Morgan fingerprint density at radius 3 is 2.68 bits per heavy atom. The fourth-order valence-corrected chi connectivity index (χ4v) is 2.26. The lowest BCUT2D eigenvalue weighted by atomic mass is 10.1. The van der Waals surface area contributed by atoms with Crippen LogP contribution in [0.25, 0.3) is 10.9 Å². The minimum absolute atomic E-state index is 0.0731. The molecule has 8 heteroatoms. The van der Waals surface area contributed by atoms with Gasteiger partial charge in [0.05, 0.1) is 5.56 Å². The minimum atomic E-state index is -0.789. The first-order valence-electron chi connectivity index (χ1n) is 7.78. The summed E-state index contributed by atoms with van der Waals surface area (Å²) in [6.07, 6.45) is 0. The normalized spacial score (nSPS) is 11.6. The molecular formula is C17H19N3O5. The standard InChI is InChI=1S/C17H19N3O5/c1-3-18-16(23)10(2)19-15(22)9-25-17(24)12-8-14(21)20-13-7-5-4-6-11(12)13/h4-8,10H,3,9H2,1-2H3,(H,18,23)(H,19,22)(H,20,21)/t10-/m1/s1. The molecule has 0 fully saturated rings. The molecule has 0 radical (unpaired) electrons. The molecule has 1 heterocycles. The average molecular weight is 345 g/mol. The maximum absolute atomic E-state index is 12.2. The zero-order valence-electron chi connectivity index (χ0n) is 13.9. The van der Waals surface area contributed by atoms with Crippen LogP contribution in [0.15, 0.2) is 35.1 Å². The number of esters is 1. The van der Waals surface area contributed by atoms with Crippen LogP contribution in [0, 0.1) is 0 Å². The summed E-state index contributed by atoms with van der Waals surface area (Å²) in [6.45, 7) is 3.18. The Balaban J connectivity index is 2.02. The number of rotatable bonds is 6. The number of aromatic amines is 1. The quantitative estimate of drug-likeness (QED) is 0.652. The Hall–Kier alpha value is -3.16. The number of likely N-dealkylation sites (N-methyl/N-ethyl adjacent to an activating group) is 1. The molecule has 1 atom stereocenters. The summed E-state index contributed by atoms with van der Waals surface area (Å²) < 4.78 is 4.96. The molecule has 0 aliphatic carbocycles. The molecule has 0 saturated heterocycles. The first kappa shape index (κ1) is 18.2. The van der Waals surface area contributed by atoms with Gasteiger partial charge >= 0.3 is 5.97 Å². The van der Waals surface area contributed by atoms with Crippen LogP contribution < -0.4 is 16.2 Å². The monoisotopic (exact) mass is 345 g/mol. The maximum Gasteiger partial charge on any atom is 0.339 e. The van der Waals surface area contributed by atoms with Crippen LogP contribution in [0.4, 0.5) is 0 Å². The van der Waals surface area contributed by atoms with E-state index >= 15 is 0 Å². The summed E-state index contributed by atoms with van der Waals surface area (Å²) in [6, 6.07) is 7.15. The molecule has 3 N–H and O–H groups in total. The van der Waals surface area contributed by atoms with Gasteiger partial charge in [-0.1, -0.05) is 18.2 Å². The van der Waals surface area contributed by atoms with Crippen molar-refractivity contribution in [1.82, 2.24) is 15.6 Å². The molecule has 2 amide bonds. The zero-order valence-corrected chi connectivity index (χ0v) is 13.9. The van der Waals surface area contributed by atoms with E-state index in [1.165, 1.54) is 6.92 Å². The van der Waals surface area contributed by atoms with Gasteiger partial charge in [0.2, 0.25) is 11.5 Å². The van der Waals surface area contributed by atoms with Gasteiger partial charge < -0.3 is 20.4 Å². The topological polar surface area (TPSA) is 117 Å². The molecule has 8 nitrogen and oxygen atoms in total. The van der Waals surface area contributed by atoms with Gasteiger partial charge in [0.25, 0.3) is 5.91 Å². The van der Waals surface area contributed by atoms with E-state index in [0.29, 0.717) is 17.4 Å². The maximum atomic E-state index is 12.2. The molecule has 25 heavy (non-hydrogen) atoms. The van der Waals surface area contributed by atoms with Crippen LogP contribution in [0.5, 0.6) is 0 Å². The van der Waals surface area contributed by atoms with Crippen LogP contribution in [0.1, 0.15) is 24.2 Å². The minimum Gasteiger partial charge on any atom is -0.452 e. The largest absolute Gasteiger partial charge is 0.452 e. The summed E-state index contributed by atoms with van der Waals surface area (Å²) in [7, 11) is 0. The molecular weight excluding hydrogens is 326 g/mol. The van der Waals surface area contributed by atoms with E-state index in [4.69, 9.17) is 4.74 Å². The van der Waals surface area contributed by atoms with E-state index in [9.17, 15) is 19.2 Å². The molecule has 0 aliphatic heterocycles. The zero-order chi connectivity index (χ0) is 18.4. The van der Waals surface area contributed by atoms with Crippen molar-refractivity contribution in [1.29, 1.82) is 0 Å². The molecule has 1 aromatic heterocycles. The van der Waals surface area contributed by atoms with Gasteiger partial charge in [-0.25, -0.2) is 4.79 Å². The predicted octanol–water partition coefficient (Wildman–Crippen LogP) is 0.326. The molecule has 2 rings (SSSR count). The van der Waals surface area contributed by atoms with Crippen molar-refractivity contribution in [3.63, 3.8) is 0 Å². The Morgan fingerprint density at radius 2 is 1.96 bits per heavy atom. The second-order valence-electron chi connectivity index (χ2n) is 5.35. The van der Waals surface area contributed by atoms with Gasteiger partial charge in [-0.3, -0.25) is 14.4 Å². The van der Waals surface area contributed by atoms with E-state index in [2.05, 4.69) is 15.6 Å². The van der Waals surface area contributed by atoms with Crippen LogP contribution in [-0.2, 0) is 14.3 Å². The van der Waals surface area contributed by atoms with E-state index < -0.39 is 30.1 Å². The second-order valence-corrected chi connectivity index (χ2v) is 5.35. The molecule has 0 bridgehead atoms. The third kappa shape index (κ3) is 4.66. The number of carbonyl (C=O) groups excluding carboxylic acids is 3. The highest BCUT2D eigenvalue weighted by molar-refractivity contribution is 6.03. The Morgan fingerprint density at radius 1 is 1.24 bits per heavy atom. The van der Waals surface area contributed by atoms with Gasteiger partial charge in [-0.15, -0.1) is 0 Å². The number of para-hydroxylation sites is 1. The van der Waals surface area contributed by atoms with E-state index in [1.807, 2.05) is 0 Å². The van der Waals surface area contributed by atoms with Gasteiger partial charge in [0.15, 0.2) is 6.61 Å². The number of H-pyrrole nitrogens is 1. The first-order chi connectivity index (χ1) is 11.9.